The van der Waals surface area contributed by atoms with E-state index in [4.69, 9.17) is 10.5 Å². The molecule has 2 N–H and O–H groups in total. The molecule has 2 heterocycles. The summed E-state index contributed by atoms with van der Waals surface area (Å²) in [6.45, 7) is 0. The van der Waals surface area contributed by atoms with E-state index in [1.807, 2.05) is 12.1 Å². The van der Waals surface area contributed by atoms with Gasteiger partial charge < -0.3 is 10.5 Å². The van der Waals surface area contributed by atoms with Crippen molar-refractivity contribution in [2.75, 3.05) is 5.73 Å². The Kier molecular flexibility index (Phi) is 2.27. The minimum absolute atomic E-state index is 0.471. The van der Waals surface area contributed by atoms with E-state index in [0.29, 0.717) is 17.4 Å². The summed E-state index contributed by atoms with van der Waals surface area (Å²) in [4.78, 5) is 7.92. The van der Waals surface area contributed by atoms with Crippen LogP contribution >= 0.6 is 0 Å². The number of aromatic nitrogens is 2. The molecule has 14 heavy (non-hydrogen) atoms. The van der Waals surface area contributed by atoms with Gasteiger partial charge in [-0.05, 0) is 18.2 Å². The molecule has 2 aromatic heterocycles. The molecule has 0 atom stereocenters. The van der Waals surface area contributed by atoms with Crippen molar-refractivity contribution in [1.82, 2.24) is 9.97 Å². The molecule has 0 aromatic carbocycles. The first-order valence-corrected chi connectivity index (χ1v) is 4.15. The highest BCUT2D eigenvalue weighted by Crippen LogP contribution is 2.17. The molecule has 0 fully saturated rings. The lowest BCUT2D eigenvalue weighted by Gasteiger charge is -2.02. The fraction of sp³-hybridized carbons (Fsp3) is 0. The van der Waals surface area contributed by atoms with E-state index < -0.39 is 0 Å². The highest BCUT2D eigenvalue weighted by atomic mass is 16.5. The summed E-state index contributed by atoms with van der Waals surface area (Å²) in [6.07, 6.45) is 3.23. The molecule has 0 amide bonds. The fourth-order valence-corrected chi connectivity index (χ4v) is 0.980. The largest absolute Gasteiger partial charge is 0.437 e. The van der Waals surface area contributed by atoms with Gasteiger partial charge in [0.05, 0.1) is 6.20 Å². The number of hydrogen-bond acceptors (Lipinski definition) is 4. The van der Waals surface area contributed by atoms with E-state index in [0.717, 1.165) is 0 Å². The van der Waals surface area contributed by atoms with E-state index >= 15 is 0 Å². The summed E-state index contributed by atoms with van der Waals surface area (Å²) >= 11 is 0. The van der Waals surface area contributed by atoms with Gasteiger partial charge in [0, 0.05) is 12.3 Å². The number of rotatable bonds is 2. The van der Waals surface area contributed by atoms with Gasteiger partial charge in [0.1, 0.15) is 11.6 Å². The third kappa shape index (κ3) is 1.98. The summed E-state index contributed by atoms with van der Waals surface area (Å²) in [7, 11) is 0. The molecule has 0 aliphatic carbocycles. The van der Waals surface area contributed by atoms with Crippen molar-refractivity contribution >= 4 is 5.82 Å². The van der Waals surface area contributed by atoms with Gasteiger partial charge in [0.25, 0.3) is 0 Å². The van der Waals surface area contributed by atoms with E-state index in [-0.39, 0.29) is 0 Å². The Morgan fingerprint density at radius 2 is 2.00 bits per heavy atom. The standard InChI is InChI=1S/C10H9N3O/c11-9-5-4-8(7-13-9)14-10-3-1-2-6-12-10/h1-7H,(H2,11,13). The first-order chi connectivity index (χ1) is 6.84. The van der Waals surface area contributed by atoms with Crippen LogP contribution in [0, 0.1) is 0 Å². The molecule has 2 aromatic rings. The predicted molar refractivity (Wildman–Crippen MR) is 53.0 cm³/mol. The zero-order valence-corrected chi connectivity index (χ0v) is 7.42. The van der Waals surface area contributed by atoms with Gasteiger partial charge in [0.2, 0.25) is 5.88 Å². The van der Waals surface area contributed by atoms with Gasteiger partial charge in [-0.15, -0.1) is 0 Å². The van der Waals surface area contributed by atoms with Crippen molar-refractivity contribution in [3.8, 4) is 11.6 Å². The molecular formula is C10H9N3O. The highest BCUT2D eigenvalue weighted by Gasteiger charge is 1.96. The average molecular weight is 187 g/mol. The van der Waals surface area contributed by atoms with E-state index in [1.165, 1.54) is 0 Å². The molecular weight excluding hydrogens is 178 g/mol. The third-order valence-corrected chi connectivity index (χ3v) is 1.62. The van der Waals surface area contributed by atoms with Crippen LogP contribution in [0.25, 0.3) is 0 Å². The minimum atomic E-state index is 0.471. The van der Waals surface area contributed by atoms with E-state index in [9.17, 15) is 0 Å². The Balaban J connectivity index is 2.16. The summed E-state index contributed by atoms with van der Waals surface area (Å²) < 4.78 is 5.40. The molecule has 0 aliphatic rings. The van der Waals surface area contributed by atoms with Crippen molar-refractivity contribution in [2.45, 2.75) is 0 Å². The second-order valence-electron chi connectivity index (χ2n) is 2.69. The molecule has 70 valence electrons. The maximum Gasteiger partial charge on any atom is 0.219 e. The number of nitrogens with two attached hydrogens (primary N) is 1. The van der Waals surface area contributed by atoms with Gasteiger partial charge in [-0.25, -0.2) is 9.97 Å². The minimum Gasteiger partial charge on any atom is -0.437 e. The molecule has 4 heteroatoms. The zero-order chi connectivity index (χ0) is 9.80. The Labute approximate surface area is 81.4 Å². The van der Waals surface area contributed by atoms with Crippen molar-refractivity contribution in [3.05, 3.63) is 42.7 Å². The quantitative estimate of drug-likeness (QED) is 0.779. The lowest BCUT2D eigenvalue weighted by molar-refractivity contribution is 0.461. The third-order valence-electron chi connectivity index (χ3n) is 1.62. The van der Waals surface area contributed by atoms with Crippen LogP contribution in [-0.4, -0.2) is 9.97 Å². The monoisotopic (exact) mass is 187 g/mol. The fourth-order valence-electron chi connectivity index (χ4n) is 0.980. The molecule has 0 radical (unpaired) electrons. The molecule has 0 aliphatic heterocycles. The number of nitrogen functional groups attached to an aromatic ring is 1. The zero-order valence-electron chi connectivity index (χ0n) is 7.42. The Hall–Kier alpha value is -2.10. The number of pyridine rings is 2. The number of anilines is 1. The molecule has 4 nitrogen and oxygen atoms in total. The van der Waals surface area contributed by atoms with Crippen LogP contribution in [0.5, 0.6) is 11.6 Å². The Morgan fingerprint density at radius 3 is 2.64 bits per heavy atom. The van der Waals surface area contributed by atoms with Crippen molar-refractivity contribution < 1.29 is 4.74 Å². The van der Waals surface area contributed by atoms with Crippen LogP contribution in [0.15, 0.2) is 42.7 Å². The van der Waals surface area contributed by atoms with Gasteiger partial charge in [-0.2, -0.15) is 0 Å². The maximum absolute atomic E-state index is 5.44. The van der Waals surface area contributed by atoms with Crippen LogP contribution in [0.4, 0.5) is 5.82 Å². The molecule has 0 saturated carbocycles. The normalized spacial score (nSPS) is 9.71. The van der Waals surface area contributed by atoms with Crippen LogP contribution in [0.1, 0.15) is 0 Å². The van der Waals surface area contributed by atoms with Crippen molar-refractivity contribution in [2.24, 2.45) is 0 Å². The molecule has 0 spiro atoms. The highest BCUT2D eigenvalue weighted by molar-refractivity contribution is 5.33. The van der Waals surface area contributed by atoms with Gasteiger partial charge >= 0.3 is 0 Å². The lowest BCUT2D eigenvalue weighted by atomic mass is 10.4. The molecule has 0 saturated heterocycles. The number of ether oxygens (including phenoxy) is 1. The average Bonchev–Trinajstić information content (AvgIpc) is 2.23. The van der Waals surface area contributed by atoms with Crippen LogP contribution in [0.2, 0.25) is 0 Å². The van der Waals surface area contributed by atoms with Crippen LogP contribution in [0.3, 0.4) is 0 Å². The van der Waals surface area contributed by atoms with Crippen LogP contribution in [-0.2, 0) is 0 Å². The number of hydrogen-bond donors (Lipinski definition) is 1. The molecule has 2 rings (SSSR count). The summed E-state index contributed by atoms with van der Waals surface area (Å²) in [5, 5.41) is 0. The SMILES string of the molecule is Nc1ccc(Oc2ccccn2)cn1. The van der Waals surface area contributed by atoms with Gasteiger partial charge in [0.15, 0.2) is 0 Å². The van der Waals surface area contributed by atoms with Gasteiger partial charge in [-0.3, -0.25) is 0 Å². The van der Waals surface area contributed by atoms with Crippen LogP contribution < -0.4 is 10.5 Å². The van der Waals surface area contributed by atoms with Crippen molar-refractivity contribution in [3.63, 3.8) is 0 Å². The lowest BCUT2D eigenvalue weighted by Crippen LogP contribution is -1.91. The Bertz CT molecular complexity index is 399. The van der Waals surface area contributed by atoms with Crippen molar-refractivity contribution in [1.29, 1.82) is 0 Å². The second kappa shape index (κ2) is 3.74. The van der Waals surface area contributed by atoms with E-state index in [2.05, 4.69) is 9.97 Å². The number of nitrogens with zero attached hydrogens (tertiary/aromatic N) is 2. The maximum atomic E-state index is 5.44. The summed E-state index contributed by atoms with van der Waals surface area (Å²) in [6, 6.07) is 8.88. The first kappa shape index (κ1) is 8.50. The molecule has 0 bridgehead atoms. The summed E-state index contributed by atoms with van der Waals surface area (Å²) in [5.74, 6) is 1.63. The second-order valence-corrected chi connectivity index (χ2v) is 2.69. The van der Waals surface area contributed by atoms with Gasteiger partial charge in [-0.1, -0.05) is 6.07 Å². The summed E-state index contributed by atoms with van der Waals surface area (Å²) in [5.41, 5.74) is 5.44. The predicted octanol–water partition coefficient (Wildman–Crippen LogP) is 1.85. The topological polar surface area (TPSA) is 61.0 Å². The smallest absolute Gasteiger partial charge is 0.219 e. The first-order valence-electron chi connectivity index (χ1n) is 4.15. The van der Waals surface area contributed by atoms with E-state index in [1.54, 1.807) is 30.6 Å². The molecule has 0 unspecified atom stereocenters. The Morgan fingerprint density at radius 1 is 1.07 bits per heavy atom.